The Morgan fingerprint density at radius 2 is 2.29 bits per heavy atom. The molecule has 2 N–H and O–H groups in total. The van der Waals surface area contributed by atoms with Gasteiger partial charge in [-0.3, -0.25) is 0 Å². The summed E-state index contributed by atoms with van der Waals surface area (Å²) in [6.45, 7) is 6.21. The summed E-state index contributed by atoms with van der Waals surface area (Å²) in [6, 6.07) is 4.03. The number of aryl methyl sites for hydroxylation is 3. The Morgan fingerprint density at radius 1 is 1.48 bits per heavy atom. The third kappa shape index (κ3) is 3.05. The normalized spacial score (nSPS) is 21.0. The quantitative estimate of drug-likeness (QED) is 0.910. The number of nitrogens with one attached hydrogen (secondary N) is 1. The number of thiazole rings is 1. The van der Waals surface area contributed by atoms with E-state index in [9.17, 15) is 5.11 Å². The van der Waals surface area contributed by atoms with E-state index in [1.807, 2.05) is 19.1 Å². The number of nitrogens with zero attached hydrogens (tertiary/aromatic N) is 1. The smallest absolute Gasteiger partial charge is 0.136 e. The Morgan fingerprint density at radius 3 is 3.00 bits per heavy atom. The Balaban J connectivity index is 1.70. The molecule has 2 heterocycles. The first-order chi connectivity index (χ1) is 9.95. The minimum absolute atomic E-state index is 0.294. The molecule has 21 heavy (non-hydrogen) atoms. The van der Waals surface area contributed by atoms with E-state index < -0.39 is 5.60 Å². The summed E-state index contributed by atoms with van der Waals surface area (Å²) in [5.41, 5.74) is 0.237. The third-order valence-corrected chi connectivity index (χ3v) is 5.15. The van der Waals surface area contributed by atoms with Crippen LogP contribution in [0.1, 0.15) is 52.9 Å². The zero-order valence-electron chi connectivity index (χ0n) is 12.8. The SMILES string of the molecule is Cc1ccc(C(C)(O)CNC2CCCc3nc(C)sc32)o1. The van der Waals surface area contributed by atoms with Crippen molar-refractivity contribution < 1.29 is 9.52 Å². The number of fused-ring (bicyclic) bond motifs is 1. The summed E-state index contributed by atoms with van der Waals surface area (Å²) < 4.78 is 5.56. The highest BCUT2D eigenvalue weighted by molar-refractivity contribution is 7.11. The van der Waals surface area contributed by atoms with Gasteiger partial charge in [0.05, 0.1) is 10.7 Å². The van der Waals surface area contributed by atoms with Crippen LogP contribution in [0.15, 0.2) is 16.5 Å². The highest BCUT2D eigenvalue weighted by Crippen LogP contribution is 2.34. The molecule has 2 aromatic heterocycles. The van der Waals surface area contributed by atoms with Gasteiger partial charge < -0.3 is 14.8 Å². The van der Waals surface area contributed by atoms with Gasteiger partial charge in [0.1, 0.15) is 17.1 Å². The lowest BCUT2D eigenvalue weighted by Crippen LogP contribution is -2.37. The highest BCUT2D eigenvalue weighted by Gasteiger charge is 2.30. The van der Waals surface area contributed by atoms with Crippen LogP contribution in [0.5, 0.6) is 0 Å². The fraction of sp³-hybridized carbons (Fsp3) is 0.562. The molecule has 0 amide bonds. The standard InChI is InChI=1S/C16H22N2O2S/c1-10-7-8-14(20-10)16(3,19)9-17-12-5-4-6-13-15(12)21-11(2)18-13/h7-8,12,17,19H,4-6,9H2,1-3H3. The van der Waals surface area contributed by atoms with Crippen molar-refractivity contribution >= 4 is 11.3 Å². The van der Waals surface area contributed by atoms with Gasteiger partial charge in [-0.2, -0.15) is 0 Å². The minimum atomic E-state index is -0.994. The second kappa shape index (κ2) is 5.55. The second-order valence-corrected chi connectivity index (χ2v) is 7.29. The maximum atomic E-state index is 10.6. The van der Waals surface area contributed by atoms with Crippen LogP contribution in [0.25, 0.3) is 0 Å². The summed E-state index contributed by atoms with van der Waals surface area (Å²) in [6.07, 6.45) is 3.32. The van der Waals surface area contributed by atoms with Crippen molar-refractivity contribution in [1.82, 2.24) is 10.3 Å². The first-order valence-corrected chi connectivity index (χ1v) is 8.26. The molecule has 0 radical (unpaired) electrons. The third-order valence-electron chi connectivity index (χ3n) is 4.02. The first-order valence-electron chi connectivity index (χ1n) is 7.44. The Bertz CT molecular complexity index is 630. The predicted octanol–water partition coefficient (Wildman–Crippen LogP) is 3.23. The van der Waals surface area contributed by atoms with Gasteiger partial charge in [-0.05, 0) is 52.2 Å². The molecule has 3 rings (SSSR count). The molecular formula is C16H22N2O2S. The summed E-state index contributed by atoms with van der Waals surface area (Å²) in [7, 11) is 0. The number of rotatable bonds is 4. The molecule has 0 bridgehead atoms. The molecule has 2 unspecified atom stereocenters. The van der Waals surface area contributed by atoms with Crippen LogP contribution >= 0.6 is 11.3 Å². The van der Waals surface area contributed by atoms with Crippen LogP contribution in [0.4, 0.5) is 0 Å². The summed E-state index contributed by atoms with van der Waals surface area (Å²) in [5, 5.41) is 15.2. The summed E-state index contributed by atoms with van der Waals surface area (Å²) in [5.74, 6) is 1.44. The first kappa shape index (κ1) is 14.8. The lowest BCUT2D eigenvalue weighted by Gasteiger charge is -2.27. The Hall–Kier alpha value is -1.17. The van der Waals surface area contributed by atoms with Crippen molar-refractivity contribution in [3.8, 4) is 0 Å². The van der Waals surface area contributed by atoms with Crippen molar-refractivity contribution in [1.29, 1.82) is 0 Å². The monoisotopic (exact) mass is 306 g/mol. The predicted molar refractivity (Wildman–Crippen MR) is 83.5 cm³/mol. The van der Waals surface area contributed by atoms with E-state index in [-0.39, 0.29) is 0 Å². The number of aliphatic hydroxyl groups is 1. The largest absolute Gasteiger partial charge is 0.463 e. The van der Waals surface area contributed by atoms with Crippen LogP contribution in [-0.2, 0) is 12.0 Å². The van der Waals surface area contributed by atoms with Crippen molar-refractivity contribution in [3.63, 3.8) is 0 Å². The number of aromatic nitrogens is 1. The second-order valence-electron chi connectivity index (χ2n) is 6.05. The van der Waals surface area contributed by atoms with E-state index in [0.29, 0.717) is 18.3 Å². The highest BCUT2D eigenvalue weighted by atomic mass is 32.1. The Kier molecular flexibility index (Phi) is 3.90. The van der Waals surface area contributed by atoms with Crippen LogP contribution in [0, 0.1) is 13.8 Å². The van der Waals surface area contributed by atoms with Crippen molar-refractivity contribution in [2.75, 3.05) is 6.54 Å². The maximum Gasteiger partial charge on any atom is 0.136 e. The van der Waals surface area contributed by atoms with Gasteiger partial charge in [-0.1, -0.05) is 0 Å². The molecule has 0 saturated heterocycles. The van der Waals surface area contributed by atoms with E-state index in [1.54, 1.807) is 18.3 Å². The van der Waals surface area contributed by atoms with Crippen molar-refractivity contribution in [2.45, 2.75) is 51.7 Å². The molecule has 2 atom stereocenters. The molecular weight excluding hydrogens is 284 g/mol. The number of hydrogen-bond donors (Lipinski definition) is 2. The van der Waals surface area contributed by atoms with Crippen LogP contribution in [-0.4, -0.2) is 16.6 Å². The fourth-order valence-corrected chi connectivity index (χ4v) is 3.95. The zero-order valence-corrected chi connectivity index (χ0v) is 13.6. The molecule has 5 heteroatoms. The summed E-state index contributed by atoms with van der Waals surface area (Å²) >= 11 is 1.77. The minimum Gasteiger partial charge on any atom is -0.463 e. The average molecular weight is 306 g/mol. The number of furan rings is 1. The maximum absolute atomic E-state index is 10.6. The van der Waals surface area contributed by atoms with Gasteiger partial charge in [-0.25, -0.2) is 4.98 Å². The van der Waals surface area contributed by atoms with Gasteiger partial charge in [0.2, 0.25) is 0 Å². The van der Waals surface area contributed by atoms with Gasteiger partial charge in [0.25, 0.3) is 0 Å². The number of hydrogen-bond acceptors (Lipinski definition) is 5. The molecule has 4 nitrogen and oxygen atoms in total. The molecule has 1 aliphatic rings. The molecule has 0 aliphatic heterocycles. The molecule has 114 valence electrons. The molecule has 0 spiro atoms. The lowest BCUT2D eigenvalue weighted by molar-refractivity contribution is 0.0303. The van der Waals surface area contributed by atoms with Gasteiger partial charge >= 0.3 is 0 Å². The molecule has 0 saturated carbocycles. The van der Waals surface area contributed by atoms with Gasteiger partial charge in [0, 0.05) is 17.5 Å². The molecule has 0 aromatic carbocycles. The summed E-state index contributed by atoms with van der Waals surface area (Å²) in [4.78, 5) is 5.94. The Labute approximate surface area is 129 Å². The van der Waals surface area contributed by atoms with E-state index in [0.717, 1.165) is 30.0 Å². The van der Waals surface area contributed by atoms with E-state index in [2.05, 4.69) is 17.2 Å². The van der Waals surface area contributed by atoms with Crippen LogP contribution in [0.2, 0.25) is 0 Å². The van der Waals surface area contributed by atoms with Crippen molar-refractivity contribution in [2.24, 2.45) is 0 Å². The average Bonchev–Trinajstić information content (AvgIpc) is 3.01. The van der Waals surface area contributed by atoms with Crippen LogP contribution < -0.4 is 5.32 Å². The van der Waals surface area contributed by atoms with E-state index >= 15 is 0 Å². The zero-order chi connectivity index (χ0) is 15.0. The lowest BCUT2D eigenvalue weighted by atomic mass is 9.96. The fourth-order valence-electron chi connectivity index (χ4n) is 2.87. The molecule has 1 aliphatic carbocycles. The van der Waals surface area contributed by atoms with Gasteiger partial charge in [-0.15, -0.1) is 11.3 Å². The van der Waals surface area contributed by atoms with Crippen LogP contribution in [0.3, 0.4) is 0 Å². The van der Waals surface area contributed by atoms with E-state index in [4.69, 9.17) is 4.42 Å². The molecule has 2 aromatic rings. The van der Waals surface area contributed by atoms with E-state index in [1.165, 1.54) is 10.6 Å². The molecule has 0 fully saturated rings. The van der Waals surface area contributed by atoms with Gasteiger partial charge in [0.15, 0.2) is 0 Å². The van der Waals surface area contributed by atoms with Crippen molar-refractivity contribution in [3.05, 3.63) is 39.2 Å². The topological polar surface area (TPSA) is 58.3 Å².